The molecule has 0 saturated heterocycles. The number of sulfonamides is 1. The number of aliphatic carboxylic acids is 1. The summed E-state index contributed by atoms with van der Waals surface area (Å²) in [6.07, 6.45) is -0.593. The third kappa shape index (κ3) is 4.38. The molecule has 0 unspecified atom stereocenters. The van der Waals surface area contributed by atoms with Gasteiger partial charge in [0.1, 0.15) is 17.3 Å². The lowest BCUT2D eigenvalue weighted by Gasteiger charge is -2.17. The summed E-state index contributed by atoms with van der Waals surface area (Å²) < 4.78 is 48.9. The number of phenolic OH excluding ortho intramolecular Hbond substituents is 1. The van der Waals surface area contributed by atoms with Crippen LogP contribution in [0.5, 0.6) is 11.5 Å². The molecule has 7 nitrogen and oxygen atoms in total. The first-order chi connectivity index (χ1) is 16.2. The molecule has 4 aromatic rings. The fourth-order valence-electron chi connectivity index (χ4n) is 3.81. The zero-order chi connectivity index (χ0) is 24.5. The molecule has 0 saturated carbocycles. The largest absolute Gasteiger partial charge is 0.507 e. The van der Waals surface area contributed by atoms with E-state index in [1.165, 1.54) is 25.3 Å². The lowest BCUT2D eigenvalue weighted by atomic mass is 9.99. The summed E-state index contributed by atoms with van der Waals surface area (Å²) in [7, 11) is -2.76. The van der Waals surface area contributed by atoms with Crippen LogP contribution >= 0.6 is 0 Å². The van der Waals surface area contributed by atoms with Gasteiger partial charge in [-0.05, 0) is 30.3 Å². The van der Waals surface area contributed by atoms with E-state index in [2.05, 4.69) is 4.72 Å². The minimum atomic E-state index is -4.22. The van der Waals surface area contributed by atoms with Gasteiger partial charge in [0.2, 0.25) is 0 Å². The summed E-state index contributed by atoms with van der Waals surface area (Å²) in [5.74, 6) is -1.65. The number of benzene rings is 4. The van der Waals surface area contributed by atoms with Crippen LogP contribution in [-0.2, 0) is 21.2 Å². The van der Waals surface area contributed by atoms with Crippen LogP contribution in [0.15, 0.2) is 77.7 Å². The van der Waals surface area contributed by atoms with Crippen LogP contribution in [0, 0.1) is 5.82 Å². The zero-order valence-electron chi connectivity index (χ0n) is 17.9. The Balaban J connectivity index is 1.90. The van der Waals surface area contributed by atoms with Gasteiger partial charge in [-0.1, -0.05) is 42.5 Å². The molecule has 0 atom stereocenters. The molecule has 0 spiro atoms. The highest BCUT2D eigenvalue weighted by Crippen LogP contribution is 2.43. The van der Waals surface area contributed by atoms with Gasteiger partial charge in [0.15, 0.2) is 0 Å². The van der Waals surface area contributed by atoms with Crippen molar-refractivity contribution in [2.75, 3.05) is 11.8 Å². The van der Waals surface area contributed by atoms with Crippen molar-refractivity contribution in [3.63, 3.8) is 0 Å². The first-order valence-corrected chi connectivity index (χ1v) is 11.6. The van der Waals surface area contributed by atoms with Crippen molar-refractivity contribution in [1.82, 2.24) is 0 Å². The van der Waals surface area contributed by atoms with Crippen molar-refractivity contribution < 1.29 is 32.6 Å². The highest BCUT2D eigenvalue weighted by molar-refractivity contribution is 7.93. The van der Waals surface area contributed by atoms with Crippen LogP contribution < -0.4 is 9.46 Å². The number of methoxy groups -OCH3 is 1. The predicted molar refractivity (Wildman–Crippen MR) is 126 cm³/mol. The molecule has 3 N–H and O–H groups in total. The normalized spacial score (nSPS) is 11.4. The van der Waals surface area contributed by atoms with E-state index in [1.54, 1.807) is 42.5 Å². The number of phenols is 1. The van der Waals surface area contributed by atoms with Crippen LogP contribution in [0.25, 0.3) is 21.9 Å². The Morgan fingerprint density at radius 1 is 0.971 bits per heavy atom. The number of aromatic hydroxyl groups is 1. The van der Waals surface area contributed by atoms with Gasteiger partial charge in [-0.25, -0.2) is 12.8 Å². The average Bonchev–Trinajstić information content (AvgIpc) is 2.80. The summed E-state index contributed by atoms with van der Waals surface area (Å²) in [6, 6.07) is 18.0. The molecule has 4 rings (SSSR count). The number of halogens is 1. The molecule has 0 heterocycles. The molecule has 0 aliphatic rings. The first kappa shape index (κ1) is 23.1. The van der Waals surface area contributed by atoms with Crippen molar-refractivity contribution in [2.45, 2.75) is 11.3 Å². The van der Waals surface area contributed by atoms with Crippen LogP contribution in [-0.4, -0.2) is 31.7 Å². The number of ether oxygens (including phenoxy) is 1. The third-order valence-electron chi connectivity index (χ3n) is 5.28. The van der Waals surface area contributed by atoms with Gasteiger partial charge in [-0.15, -0.1) is 0 Å². The van der Waals surface area contributed by atoms with E-state index in [1.807, 2.05) is 0 Å². The fraction of sp³-hybridized carbons (Fsp3) is 0.0800. The van der Waals surface area contributed by atoms with Crippen molar-refractivity contribution in [3.05, 3.63) is 84.2 Å². The standard InChI is InChI=1S/C25H20FNO6S/c1-33-25-19-8-3-2-7-18(19)23(14-20(25)17-6-4-5-9-22(17)28)34(31,32)27-16-10-11-21(26)15(12-16)13-24(29)30/h2-12,14,27-28H,13H2,1H3,(H,29,30). The number of carbonyl (C=O) groups is 1. The van der Waals surface area contributed by atoms with E-state index in [0.717, 1.165) is 12.1 Å². The molecular weight excluding hydrogens is 461 g/mol. The molecule has 0 aliphatic heterocycles. The summed E-state index contributed by atoms with van der Waals surface area (Å²) in [6.45, 7) is 0. The zero-order valence-corrected chi connectivity index (χ0v) is 18.8. The molecule has 34 heavy (non-hydrogen) atoms. The van der Waals surface area contributed by atoms with Crippen LogP contribution in [0.3, 0.4) is 0 Å². The van der Waals surface area contributed by atoms with Crippen molar-refractivity contribution in [3.8, 4) is 22.6 Å². The third-order valence-corrected chi connectivity index (χ3v) is 6.71. The van der Waals surface area contributed by atoms with E-state index in [-0.39, 0.29) is 21.9 Å². The average molecular weight is 482 g/mol. The quantitative estimate of drug-likeness (QED) is 0.350. The lowest BCUT2D eigenvalue weighted by Crippen LogP contribution is -2.14. The van der Waals surface area contributed by atoms with Crippen LogP contribution in [0.2, 0.25) is 0 Å². The predicted octanol–water partition coefficient (Wildman–Crippen LogP) is 4.79. The van der Waals surface area contributed by atoms with E-state index in [9.17, 15) is 22.7 Å². The van der Waals surface area contributed by atoms with Crippen LogP contribution in [0.4, 0.5) is 10.1 Å². The van der Waals surface area contributed by atoms with E-state index < -0.39 is 28.2 Å². The van der Waals surface area contributed by atoms with Gasteiger partial charge in [0.25, 0.3) is 10.0 Å². The molecular formula is C25H20FNO6S. The minimum Gasteiger partial charge on any atom is -0.507 e. The highest BCUT2D eigenvalue weighted by atomic mass is 32.2. The number of rotatable bonds is 7. The summed E-state index contributed by atoms with van der Waals surface area (Å²) in [5, 5.41) is 20.3. The maximum Gasteiger partial charge on any atom is 0.307 e. The van der Waals surface area contributed by atoms with Gasteiger partial charge < -0.3 is 14.9 Å². The lowest BCUT2D eigenvalue weighted by molar-refractivity contribution is -0.136. The van der Waals surface area contributed by atoms with Gasteiger partial charge in [-0.2, -0.15) is 0 Å². The molecule has 0 aliphatic carbocycles. The molecule has 9 heteroatoms. The Bertz CT molecular complexity index is 1520. The second-order valence-electron chi connectivity index (χ2n) is 7.50. The molecule has 0 radical (unpaired) electrons. The monoisotopic (exact) mass is 481 g/mol. The van der Waals surface area contributed by atoms with Gasteiger partial charge >= 0.3 is 5.97 Å². The number of fused-ring (bicyclic) bond motifs is 1. The summed E-state index contributed by atoms with van der Waals surface area (Å²) >= 11 is 0. The molecule has 0 bridgehead atoms. The second-order valence-corrected chi connectivity index (χ2v) is 9.15. The van der Waals surface area contributed by atoms with Crippen molar-refractivity contribution in [2.24, 2.45) is 0 Å². The summed E-state index contributed by atoms with van der Waals surface area (Å²) in [4.78, 5) is 10.9. The number of hydrogen-bond acceptors (Lipinski definition) is 5. The van der Waals surface area contributed by atoms with E-state index >= 15 is 0 Å². The fourth-order valence-corrected chi connectivity index (χ4v) is 5.09. The Kier molecular flexibility index (Phi) is 6.12. The second kappa shape index (κ2) is 9.03. The first-order valence-electron chi connectivity index (χ1n) is 10.1. The Morgan fingerprint density at radius 2 is 1.65 bits per heavy atom. The van der Waals surface area contributed by atoms with Gasteiger partial charge in [-0.3, -0.25) is 9.52 Å². The number of anilines is 1. The number of hydrogen-bond donors (Lipinski definition) is 3. The maximum atomic E-state index is 14.0. The smallest absolute Gasteiger partial charge is 0.307 e. The minimum absolute atomic E-state index is 0.0154. The Hall–Kier alpha value is -4.11. The number of carboxylic acids is 1. The van der Waals surface area contributed by atoms with Gasteiger partial charge in [0, 0.05) is 33.2 Å². The van der Waals surface area contributed by atoms with Crippen molar-refractivity contribution in [1.29, 1.82) is 0 Å². The molecule has 0 fully saturated rings. The topological polar surface area (TPSA) is 113 Å². The van der Waals surface area contributed by atoms with Gasteiger partial charge in [0.05, 0.1) is 18.4 Å². The Labute approximate surface area is 195 Å². The van der Waals surface area contributed by atoms with Crippen LogP contribution in [0.1, 0.15) is 5.56 Å². The van der Waals surface area contributed by atoms with E-state index in [4.69, 9.17) is 9.84 Å². The summed E-state index contributed by atoms with van der Waals surface area (Å²) in [5.41, 5.74) is 0.612. The number of nitrogens with one attached hydrogen (secondary N) is 1. The molecule has 0 aromatic heterocycles. The molecule has 0 amide bonds. The molecule has 174 valence electrons. The highest BCUT2D eigenvalue weighted by Gasteiger charge is 2.24. The number of carboxylic acid groups (broad SMARTS) is 1. The van der Waals surface area contributed by atoms with Crippen molar-refractivity contribution >= 4 is 32.5 Å². The van der Waals surface area contributed by atoms with E-state index in [0.29, 0.717) is 27.6 Å². The molecule has 4 aromatic carbocycles. The number of para-hydroxylation sites is 1. The SMILES string of the molecule is COc1c(-c2ccccc2O)cc(S(=O)(=O)Nc2ccc(F)c(CC(=O)O)c2)c2ccccc12. The Morgan fingerprint density at radius 3 is 2.32 bits per heavy atom. The maximum absolute atomic E-state index is 14.0.